The summed E-state index contributed by atoms with van der Waals surface area (Å²) in [6, 6.07) is 8.53. The minimum atomic E-state index is -4.31. The summed E-state index contributed by atoms with van der Waals surface area (Å²) < 4.78 is 93.8. The van der Waals surface area contributed by atoms with Gasteiger partial charge in [0.2, 0.25) is 5.91 Å². The number of hydrogen-bond donors (Lipinski definition) is 5. The number of alkyl halides is 4. The van der Waals surface area contributed by atoms with Crippen LogP contribution in [-0.4, -0.2) is 68.5 Å². The molecule has 14 heteroatoms. The lowest BCUT2D eigenvalue weighted by molar-refractivity contribution is -0.140. The Morgan fingerprint density at radius 1 is 1.24 bits per heavy atom. The Hall–Kier alpha value is -3.56. The summed E-state index contributed by atoms with van der Waals surface area (Å²) >= 11 is 0. The number of aliphatic hydroxyl groups is 1. The SMILES string of the molecule is C=C(F)/C=C\C=C(/CF)[C@@H](CC(=O)Nc1cccc(F)c1CC[C@@H]1CNCCO1)c1ccc(F)cc1C.CO.ONCC(F)(F)F.[HH].[HH]. The second kappa shape index (κ2) is 21.3. The van der Waals surface area contributed by atoms with Crippen LogP contribution in [0.25, 0.3) is 0 Å². The zero-order valence-electron chi connectivity index (χ0n) is 25.6. The third-order valence-electron chi connectivity index (χ3n) is 6.58. The minimum Gasteiger partial charge on any atom is -0.400 e. The fourth-order valence-corrected chi connectivity index (χ4v) is 4.52. The van der Waals surface area contributed by atoms with Gasteiger partial charge >= 0.3 is 6.18 Å². The van der Waals surface area contributed by atoms with Crippen molar-refractivity contribution >= 4 is 11.6 Å². The molecule has 260 valence electrons. The van der Waals surface area contributed by atoms with Crippen LogP contribution in [0.5, 0.6) is 0 Å². The van der Waals surface area contributed by atoms with E-state index in [-0.39, 0.29) is 21.0 Å². The Bertz CT molecular complexity index is 1310. The van der Waals surface area contributed by atoms with Gasteiger partial charge in [0, 0.05) is 46.6 Å². The Labute approximate surface area is 266 Å². The third-order valence-corrected chi connectivity index (χ3v) is 6.58. The molecule has 1 heterocycles. The van der Waals surface area contributed by atoms with E-state index in [1.165, 1.54) is 42.5 Å². The number of ether oxygens (including phenoxy) is 1. The van der Waals surface area contributed by atoms with Crippen LogP contribution >= 0.6 is 0 Å². The summed E-state index contributed by atoms with van der Waals surface area (Å²) in [5, 5.41) is 20.4. The van der Waals surface area contributed by atoms with Crippen molar-refractivity contribution in [1.82, 2.24) is 10.8 Å². The summed E-state index contributed by atoms with van der Waals surface area (Å²) in [4.78, 5) is 13.2. The maximum absolute atomic E-state index is 14.7. The average molecular weight is 668 g/mol. The quantitative estimate of drug-likeness (QED) is 0.0963. The van der Waals surface area contributed by atoms with Crippen molar-refractivity contribution in [3.05, 3.63) is 101 Å². The Balaban J connectivity index is 0. The van der Waals surface area contributed by atoms with Gasteiger partial charge in [-0.2, -0.15) is 18.7 Å². The van der Waals surface area contributed by atoms with Gasteiger partial charge in [-0.1, -0.05) is 30.9 Å². The highest BCUT2D eigenvalue weighted by molar-refractivity contribution is 5.92. The highest BCUT2D eigenvalue weighted by atomic mass is 19.4. The smallest absolute Gasteiger partial charge is 0.400 e. The maximum atomic E-state index is 14.7. The Kier molecular flexibility index (Phi) is 18.7. The van der Waals surface area contributed by atoms with Crippen LogP contribution in [-0.2, 0) is 16.0 Å². The average Bonchev–Trinajstić information content (AvgIpc) is 2.99. The maximum Gasteiger partial charge on any atom is 0.403 e. The lowest BCUT2D eigenvalue weighted by atomic mass is 9.85. The number of carbonyl (C=O) groups is 1. The summed E-state index contributed by atoms with van der Waals surface area (Å²) in [6.45, 7) is 4.60. The molecule has 0 aliphatic carbocycles. The van der Waals surface area contributed by atoms with Crippen molar-refractivity contribution in [2.75, 3.05) is 45.3 Å². The molecule has 7 nitrogen and oxygen atoms in total. The Morgan fingerprint density at radius 3 is 2.50 bits per heavy atom. The number of allylic oxidation sites excluding steroid dienone is 5. The van der Waals surface area contributed by atoms with E-state index >= 15 is 0 Å². The molecule has 2 aromatic rings. The number of anilines is 1. The molecule has 1 aliphatic rings. The molecule has 0 spiro atoms. The van der Waals surface area contributed by atoms with Crippen LogP contribution in [0, 0.1) is 18.6 Å². The number of aryl methyl sites for hydroxylation is 1. The summed E-state index contributed by atoms with van der Waals surface area (Å²) in [6.07, 6.45) is 0.179. The highest BCUT2D eigenvalue weighted by Gasteiger charge is 2.26. The standard InChI is InChI=1S/C29H32F4N2O2.C2H4F3NO.CH4O.2H2/c1-19-15-22(32)9-11-24(19)26(21(17-30)6-3-5-20(2)31)16-29(36)35-28-8-4-7-27(33)25(28)12-10-23-18-34-13-14-37-23;3-2(4,5)1-6-7;1-2;;/h3-9,11,15,23,26,34H,2,10,12-14,16-18H2,1H3,(H,35,36);6-7H,1H2;2H,1H3;2*1H/b5-3-,21-6+;;;;/t23-,26-;;;;/m1..../s1. The van der Waals surface area contributed by atoms with E-state index in [4.69, 9.17) is 15.1 Å². The molecule has 2 aromatic carbocycles. The van der Waals surface area contributed by atoms with Crippen molar-refractivity contribution in [3.63, 3.8) is 0 Å². The van der Waals surface area contributed by atoms with Gasteiger partial charge in [0.1, 0.15) is 30.7 Å². The van der Waals surface area contributed by atoms with Gasteiger partial charge in [0.05, 0.1) is 12.7 Å². The number of aliphatic hydroxyl groups excluding tert-OH is 1. The first-order valence-corrected chi connectivity index (χ1v) is 14.2. The number of hydroxylamine groups is 1. The number of nitrogens with one attached hydrogen (secondary N) is 3. The van der Waals surface area contributed by atoms with Crippen molar-refractivity contribution in [2.45, 2.75) is 44.4 Å². The number of benzene rings is 2. The van der Waals surface area contributed by atoms with Gasteiger partial charge in [-0.3, -0.25) is 4.79 Å². The normalized spacial score (nSPS) is 15.7. The van der Waals surface area contributed by atoms with E-state index in [2.05, 4.69) is 17.2 Å². The van der Waals surface area contributed by atoms with E-state index in [0.717, 1.165) is 25.2 Å². The topological polar surface area (TPSA) is 103 Å². The van der Waals surface area contributed by atoms with Crippen LogP contribution in [0.3, 0.4) is 0 Å². The molecule has 5 N–H and O–H groups in total. The van der Waals surface area contributed by atoms with Crippen LogP contribution < -0.4 is 16.1 Å². The molecule has 0 saturated carbocycles. The van der Waals surface area contributed by atoms with Crippen LogP contribution in [0.2, 0.25) is 0 Å². The van der Waals surface area contributed by atoms with Gasteiger partial charge in [0.15, 0.2) is 0 Å². The molecule has 0 unspecified atom stereocenters. The van der Waals surface area contributed by atoms with Gasteiger partial charge in [0.25, 0.3) is 0 Å². The number of halogens is 7. The molecule has 1 aliphatic heterocycles. The van der Waals surface area contributed by atoms with Gasteiger partial charge in [-0.25, -0.2) is 17.6 Å². The molecule has 1 amide bonds. The highest BCUT2D eigenvalue weighted by Crippen LogP contribution is 2.32. The molecule has 3 rings (SSSR count). The molecular formula is C32H44F7N3O4. The van der Waals surface area contributed by atoms with E-state index in [9.17, 15) is 35.5 Å². The number of amides is 1. The lowest BCUT2D eigenvalue weighted by Crippen LogP contribution is -2.38. The summed E-state index contributed by atoms with van der Waals surface area (Å²) in [7, 11) is 1.00. The molecule has 46 heavy (non-hydrogen) atoms. The largest absolute Gasteiger partial charge is 0.403 e. The monoisotopic (exact) mass is 667 g/mol. The van der Waals surface area contributed by atoms with E-state index in [1.54, 1.807) is 13.0 Å². The van der Waals surface area contributed by atoms with Gasteiger partial charge < -0.3 is 25.7 Å². The number of rotatable bonds is 12. The fourth-order valence-electron chi connectivity index (χ4n) is 4.52. The zero-order valence-corrected chi connectivity index (χ0v) is 25.6. The minimum absolute atomic E-state index is 0. The van der Waals surface area contributed by atoms with Crippen LogP contribution in [0.4, 0.5) is 36.4 Å². The first-order valence-electron chi connectivity index (χ1n) is 14.2. The predicted molar refractivity (Wildman–Crippen MR) is 166 cm³/mol. The molecule has 2 atom stereocenters. The van der Waals surface area contributed by atoms with Crippen molar-refractivity contribution < 1.29 is 53.4 Å². The van der Waals surface area contributed by atoms with Crippen molar-refractivity contribution in [3.8, 4) is 0 Å². The zero-order chi connectivity index (χ0) is 34.7. The van der Waals surface area contributed by atoms with Crippen LogP contribution in [0.1, 0.15) is 38.3 Å². The molecule has 1 fully saturated rings. The fraction of sp³-hybridized carbons (Fsp3) is 0.406. The van der Waals surface area contributed by atoms with E-state index < -0.39 is 48.7 Å². The number of morpholine rings is 1. The second-order valence-corrected chi connectivity index (χ2v) is 9.94. The Morgan fingerprint density at radius 2 is 1.96 bits per heavy atom. The molecular weight excluding hydrogens is 623 g/mol. The van der Waals surface area contributed by atoms with Crippen LogP contribution in [0.15, 0.2) is 72.6 Å². The van der Waals surface area contributed by atoms with Crippen molar-refractivity contribution in [1.29, 1.82) is 0 Å². The predicted octanol–water partition coefficient (Wildman–Crippen LogP) is 6.87. The molecule has 0 radical (unpaired) electrons. The first-order chi connectivity index (χ1) is 21.8. The van der Waals surface area contributed by atoms with E-state index in [0.29, 0.717) is 48.4 Å². The van der Waals surface area contributed by atoms with E-state index in [1.807, 2.05) is 0 Å². The molecule has 0 bridgehead atoms. The number of carbonyl (C=O) groups excluding carboxylic acids is 1. The lowest BCUT2D eigenvalue weighted by Gasteiger charge is -2.24. The third kappa shape index (κ3) is 15.1. The summed E-state index contributed by atoms with van der Waals surface area (Å²) in [5.74, 6) is -2.80. The molecule has 1 saturated heterocycles. The van der Waals surface area contributed by atoms with Crippen molar-refractivity contribution in [2.24, 2.45) is 0 Å². The number of hydrogen-bond acceptors (Lipinski definition) is 6. The molecule has 0 aromatic heterocycles. The summed E-state index contributed by atoms with van der Waals surface area (Å²) in [5.41, 5.74) is 3.01. The second-order valence-electron chi connectivity index (χ2n) is 9.94. The van der Waals surface area contributed by atoms with Gasteiger partial charge in [-0.05, 0) is 66.8 Å². The first kappa shape index (κ1) is 40.5. The van der Waals surface area contributed by atoms with Gasteiger partial charge in [-0.15, -0.1) is 0 Å².